The summed E-state index contributed by atoms with van der Waals surface area (Å²) in [6.45, 7) is 14.9. The van der Waals surface area contributed by atoms with Crippen molar-refractivity contribution in [3.8, 4) is 0 Å². The Labute approximate surface area is 96.4 Å². The fourth-order valence-corrected chi connectivity index (χ4v) is 1.91. The number of hydrogen-bond donors (Lipinski definition) is 1. The second-order valence-electron chi connectivity index (χ2n) is 4.77. The predicted octanol–water partition coefficient (Wildman–Crippen LogP) is 2.89. The van der Waals surface area contributed by atoms with Gasteiger partial charge in [0.15, 0.2) is 0 Å². The van der Waals surface area contributed by atoms with Crippen LogP contribution in [0.3, 0.4) is 0 Å². The van der Waals surface area contributed by atoms with Crippen LogP contribution in [0.1, 0.15) is 53.9 Å². The van der Waals surface area contributed by atoms with Crippen LogP contribution in [0.5, 0.6) is 0 Å². The molecule has 0 saturated heterocycles. The minimum Gasteiger partial charge on any atom is -0.313 e. The summed E-state index contributed by atoms with van der Waals surface area (Å²) in [5.74, 6) is 0. The topological polar surface area (TPSA) is 15.3 Å². The van der Waals surface area contributed by atoms with Crippen LogP contribution >= 0.6 is 0 Å². The van der Waals surface area contributed by atoms with Crippen molar-refractivity contribution in [3.63, 3.8) is 0 Å². The lowest BCUT2D eigenvalue weighted by molar-refractivity contribution is 0.219. The van der Waals surface area contributed by atoms with E-state index >= 15 is 0 Å². The van der Waals surface area contributed by atoms with Gasteiger partial charge >= 0.3 is 0 Å². The molecule has 0 aliphatic rings. The minimum atomic E-state index is 0.672. The van der Waals surface area contributed by atoms with Crippen molar-refractivity contribution in [1.29, 1.82) is 0 Å². The van der Waals surface area contributed by atoms with Crippen LogP contribution in [0.4, 0.5) is 0 Å². The fraction of sp³-hybridized carbons (Fsp3) is 1.00. The lowest BCUT2D eigenvalue weighted by Crippen LogP contribution is -2.39. The Morgan fingerprint density at radius 1 is 1.00 bits per heavy atom. The standard InChI is InChI=1S/C13H30N2/c1-6-8-13(5)14-9-11-15(10-7-2)12(3)4/h12-14H,6-11H2,1-5H3. The van der Waals surface area contributed by atoms with Gasteiger partial charge in [-0.3, -0.25) is 4.90 Å². The van der Waals surface area contributed by atoms with Gasteiger partial charge in [0.2, 0.25) is 0 Å². The van der Waals surface area contributed by atoms with E-state index in [1.54, 1.807) is 0 Å². The van der Waals surface area contributed by atoms with E-state index in [1.807, 2.05) is 0 Å². The van der Waals surface area contributed by atoms with E-state index in [4.69, 9.17) is 0 Å². The van der Waals surface area contributed by atoms with E-state index in [0.717, 1.165) is 6.54 Å². The highest BCUT2D eigenvalue weighted by atomic mass is 15.2. The summed E-state index contributed by atoms with van der Waals surface area (Å²) in [5.41, 5.74) is 0. The third-order valence-electron chi connectivity index (χ3n) is 2.85. The first kappa shape index (κ1) is 14.9. The van der Waals surface area contributed by atoms with Crippen molar-refractivity contribution >= 4 is 0 Å². The van der Waals surface area contributed by atoms with Crippen LogP contribution in [0.25, 0.3) is 0 Å². The minimum absolute atomic E-state index is 0.672. The first-order valence-corrected chi connectivity index (χ1v) is 6.59. The molecule has 0 amide bonds. The van der Waals surface area contributed by atoms with Crippen molar-refractivity contribution in [2.24, 2.45) is 0 Å². The quantitative estimate of drug-likeness (QED) is 0.635. The van der Waals surface area contributed by atoms with Gasteiger partial charge in [-0.15, -0.1) is 0 Å². The first-order valence-electron chi connectivity index (χ1n) is 6.59. The number of nitrogens with zero attached hydrogens (tertiary/aromatic N) is 1. The van der Waals surface area contributed by atoms with Gasteiger partial charge in [-0.25, -0.2) is 0 Å². The van der Waals surface area contributed by atoms with E-state index < -0.39 is 0 Å². The van der Waals surface area contributed by atoms with Gasteiger partial charge in [0, 0.05) is 25.2 Å². The van der Waals surface area contributed by atoms with E-state index in [0.29, 0.717) is 12.1 Å². The summed E-state index contributed by atoms with van der Waals surface area (Å²) >= 11 is 0. The molecule has 92 valence electrons. The van der Waals surface area contributed by atoms with Gasteiger partial charge in [-0.05, 0) is 40.2 Å². The number of nitrogens with one attached hydrogen (secondary N) is 1. The maximum absolute atomic E-state index is 3.59. The Bertz CT molecular complexity index is 134. The van der Waals surface area contributed by atoms with Gasteiger partial charge in [0.05, 0.1) is 0 Å². The molecule has 0 fully saturated rings. The molecular weight excluding hydrogens is 184 g/mol. The van der Waals surface area contributed by atoms with Gasteiger partial charge in [0.25, 0.3) is 0 Å². The highest BCUT2D eigenvalue weighted by Crippen LogP contribution is 1.99. The third-order valence-corrected chi connectivity index (χ3v) is 2.85. The molecule has 0 saturated carbocycles. The summed E-state index contributed by atoms with van der Waals surface area (Å²) in [6.07, 6.45) is 3.81. The van der Waals surface area contributed by atoms with E-state index in [1.165, 1.54) is 32.4 Å². The van der Waals surface area contributed by atoms with Crippen LogP contribution in [-0.4, -0.2) is 36.6 Å². The lowest BCUT2D eigenvalue weighted by atomic mass is 10.2. The Kier molecular flexibility index (Phi) is 9.12. The molecule has 0 heterocycles. The van der Waals surface area contributed by atoms with Crippen LogP contribution < -0.4 is 5.32 Å². The largest absolute Gasteiger partial charge is 0.313 e. The van der Waals surface area contributed by atoms with Gasteiger partial charge in [0.1, 0.15) is 0 Å². The van der Waals surface area contributed by atoms with Gasteiger partial charge in [-0.2, -0.15) is 0 Å². The van der Waals surface area contributed by atoms with Crippen LogP contribution in [-0.2, 0) is 0 Å². The van der Waals surface area contributed by atoms with Crippen LogP contribution in [0.2, 0.25) is 0 Å². The summed E-state index contributed by atoms with van der Waals surface area (Å²) < 4.78 is 0. The molecule has 0 bridgehead atoms. The summed E-state index contributed by atoms with van der Waals surface area (Å²) in [5, 5.41) is 3.59. The summed E-state index contributed by atoms with van der Waals surface area (Å²) in [6, 6.07) is 1.35. The molecular formula is C13H30N2. The zero-order valence-corrected chi connectivity index (χ0v) is 11.3. The fourth-order valence-electron chi connectivity index (χ4n) is 1.91. The monoisotopic (exact) mass is 214 g/mol. The summed E-state index contributed by atoms with van der Waals surface area (Å²) in [4.78, 5) is 2.55. The molecule has 2 nitrogen and oxygen atoms in total. The molecule has 0 aliphatic carbocycles. The Morgan fingerprint density at radius 2 is 1.67 bits per heavy atom. The maximum Gasteiger partial charge on any atom is 0.0110 e. The van der Waals surface area contributed by atoms with E-state index in [-0.39, 0.29) is 0 Å². The number of rotatable bonds is 9. The van der Waals surface area contributed by atoms with Crippen molar-refractivity contribution in [2.45, 2.75) is 66.0 Å². The second-order valence-corrected chi connectivity index (χ2v) is 4.77. The van der Waals surface area contributed by atoms with Crippen molar-refractivity contribution in [3.05, 3.63) is 0 Å². The molecule has 1 N–H and O–H groups in total. The van der Waals surface area contributed by atoms with Crippen molar-refractivity contribution in [2.75, 3.05) is 19.6 Å². The first-order chi connectivity index (χ1) is 7.11. The summed E-state index contributed by atoms with van der Waals surface area (Å²) in [7, 11) is 0. The van der Waals surface area contributed by atoms with Gasteiger partial charge in [-0.1, -0.05) is 20.3 Å². The molecule has 1 atom stereocenters. The molecule has 0 spiro atoms. The molecule has 0 radical (unpaired) electrons. The van der Waals surface area contributed by atoms with Crippen molar-refractivity contribution in [1.82, 2.24) is 10.2 Å². The highest BCUT2D eigenvalue weighted by molar-refractivity contribution is 4.66. The molecule has 0 rings (SSSR count). The van der Waals surface area contributed by atoms with E-state index in [2.05, 4.69) is 44.8 Å². The molecule has 2 heteroatoms. The zero-order chi connectivity index (χ0) is 11.7. The smallest absolute Gasteiger partial charge is 0.0110 e. The second kappa shape index (κ2) is 9.17. The predicted molar refractivity (Wildman–Crippen MR) is 69.4 cm³/mol. The third kappa shape index (κ3) is 7.80. The average molecular weight is 214 g/mol. The SMILES string of the molecule is CCCC(C)NCCN(CCC)C(C)C. The molecule has 15 heavy (non-hydrogen) atoms. The van der Waals surface area contributed by atoms with Gasteiger partial charge < -0.3 is 5.32 Å². The van der Waals surface area contributed by atoms with Crippen LogP contribution in [0, 0.1) is 0 Å². The molecule has 1 unspecified atom stereocenters. The normalized spacial score (nSPS) is 13.8. The molecule has 0 aromatic heterocycles. The van der Waals surface area contributed by atoms with Crippen LogP contribution in [0.15, 0.2) is 0 Å². The zero-order valence-electron chi connectivity index (χ0n) is 11.3. The Morgan fingerprint density at radius 3 is 2.13 bits per heavy atom. The Balaban J connectivity index is 3.61. The Hall–Kier alpha value is -0.0800. The molecule has 0 aromatic rings. The molecule has 0 aromatic carbocycles. The van der Waals surface area contributed by atoms with E-state index in [9.17, 15) is 0 Å². The average Bonchev–Trinajstić information content (AvgIpc) is 2.16. The lowest BCUT2D eigenvalue weighted by Gasteiger charge is -2.26. The molecule has 0 aliphatic heterocycles. The highest BCUT2D eigenvalue weighted by Gasteiger charge is 2.07. The number of hydrogen-bond acceptors (Lipinski definition) is 2. The maximum atomic E-state index is 3.59. The van der Waals surface area contributed by atoms with Crippen molar-refractivity contribution < 1.29 is 0 Å².